The lowest BCUT2D eigenvalue weighted by molar-refractivity contribution is -0.117. The molecule has 0 fully saturated rings. The van der Waals surface area contributed by atoms with E-state index in [-0.39, 0.29) is 11.9 Å². The van der Waals surface area contributed by atoms with Crippen molar-refractivity contribution in [1.82, 2.24) is 25.9 Å². The Morgan fingerprint density at radius 3 is 3.06 bits per heavy atom. The van der Waals surface area contributed by atoms with Gasteiger partial charge in [0.2, 0.25) is 5.91 Å². The Bertz CT molecular complexity index is 537. The van der Waals surface area contributed by atoms with Crippen molar-refractivity contribution in [2.45, 2.75) is 12.6 Å². The van der Waals surface area contributed by atoms with Crippen LogP contribution in [0.15, 0.2) is 24.3 Å². The van der Waals surface area contributed by atoms with Gasteiger partial charge < -0.3 is 5.32 Å². The van der Waals surface area contributed by atoms with Gasteiger partial charge in [0, 0.05) is 11.3 Å². The third-order valence-corrected chi connectivity index (χ3v) is 2.65. The number of carbonyl (C=O) groups is 1. The van der Waals surface area contributed by atoms with E-state index in [9.17, 15) is 4.79 Å². The van der Waals surface area contributed by atoms with Crippen molar-refractivity contribution >= 4 is 11.6 Å². The van der Waals surface area contributed by atoms with Gasteiger partial charge in [-0.3, -0.25) is 10.1 Å². The average Bonchev–Trinajstić information content (AvgIpc) is 2.93. The largest absolute Gasteiger partial charge is 0.324 e. The number of fused-ring (bicyclic) bond motifs is 1. The second-order valence-electron chi connectivity index (χ2n) is 3.72. The molecule has 1 aliphatic heterocycles. The highest BCUT2D eigenvalue weighted by Gasteiger charge is 2.29. The van der Waals surface area contributed by atoms with Gasteiger partial charge in [0.1, 0.15) is 6.04 Å². The zero-order chi connectivity index (χ0) is 11.7. The summed E-state index contributed by atoms with van der Waals surface area (Å²) in [6, 6.07) is 7.23. The van der Waals surface area contributed by atoms with Gasteiger partial charge in [0.05, 0.1) is 6.54 Å². The molecule has 0 saturated carbocycles. The molecule has 2 heterocycles. The predicted molar refractivity (Wildman–Crippen MR) is 58.8 cm³/mol. The first kappa shape index (κ1) is 9.91. The summed E-state index contributed by atoms with van der Waals surface area (Å²) in [6.07, 6.45) is 0. The summed E-state index contributed by atoms with van der Waals surface area (Å²) in [6.45, 7) is 0.392. The number of nitrogens with one attached hydrogen (secondary N) is 3. The number of carbonyl (C=O) groups excluding carboxylic acids is 1. The number of hydrogen-bond donors (Lipinski definition) is 3. The number of aromatic amines is 1. The van der Waals surface area contributed by atoms with Gasteiger partial charge in [-0.15, -0.1) is 10.2 Å². The number of nitrogens with zero attached hydrogens (tertiary/aromatic N) is 3. The molecule has 7 heteroatoms. The minimum atomic E-state index is -0.357. The fourth-order valence-corrected chi connectivity index (χ4v) is 1.86. The van der Waals surface area contributed by atoms with E-state index in [2.05, 4.69) is 31.3 Å². The summed E-state index contributed by atoms with van der Waals surface area (Å²) in [5, 5.41) is 19.4. The zero-order valence-electron chi connectivity index (χ0n) is 8.84. The Labute approximate surface area is 96.6 Å². The molecule has 1 aliphatic rings. The molecule has 86 valence electrons. The molecule has 1 amide bonds. The third kappa shape index (κ3) is 1.76. The number of rotatable bonds is 3. The summed E-state index contributed by atoms with van der Waals surface area (Å²) in [5.74, 6) is 0.469. The Hall–Kier alpha value is -2.28. The zero-order valence-corrected chi connectivity index (χ0v) is 8.84. The average molecular weight is 230 g/mol. The molecule has 0 spiro atoms. The van der Waals surface area contributed by atoms with Crippen molar-refractivity contribution in [3.63, 3.8) is 0 Å². The quantitative estimate of drug-likeness (QED) is 0.688. The topological polar surface area (TPSA) is 95.6 Å². The number of H-pyrrole nitrogens is 1. The number of benzene rings is 1. The van der Waals surface area contributed by atoms with E-state index >= 15 is 0 Å². The molecule has 1 unspecified atom stereocenters. The molecule has 17 heavy (non-hydrogen) atoms. The van der Waals surface area contributed by atoms with Crippen molar-refractivity contribution < 1.29 is 4.79 Å². The number of tetrazole rings is 1. The van der Waals surface area contributed by atoms with Crippen LogP contribution in [-0.2, 0) is 11.3 Å². The van der Waals surface area contributed by atoms with Crippen molar-refractivity contribution in [3.8, 4) is 0 Å². The van der Waals surface area contributed by atoms with E-state index in [4.69, 9.17) is 0 Å². The van der Waals surface area contributed by atoms with Crippen LogP contribution in [0.2, 0.25) is 0 Å². The van der Waals surface area contributed by atoms with E-state index in [1.165, 1.54) is 0 Å². The SMILES string of the molecule is O=C1Nc2ccccc2C1NCc1nn[nH]n1. The Morgan fingerprint density at radius 1 is 1.35 bits per heavy atom. The van der Waals surface area contributed by atoms with E-state index in [0.29, 0.717) is 12.4 Å². The molecular formula is C10H10N6O. The monoisotopic (exact) mass is 230 g/mol. The second kappa shape index (κ2) is 3.95. The van der Waals surface area contributed by atoms with Gasteiger partial charge in [-0.1, -0.05) is 23.4 Å². The Morgan fingerprint density at radius 2 is 2.24 bits per heavy atom. The van der Waals surface area contributed by atoms with E-state index in [1.54, 1.807) is 0 Å². The van der Waals surface area contributed by atoms with Crippen LogP contribution in [0, 0.1) is 0 Å². The van der Waals surface area contributed by atoms with Gasteiger partial charge in [-0.05, 0) is 6.07 Å². The normalized spacial score (nSPS) is 17.9. The Balaban J connectivity index is 1.77. The van der Waals surface area contributed by atoms with Crippen molar-refractivity contribution in [1.29, 1.82) is 0 Å². The summed E-state index contributed by atoms with van der Waals surface area (Å²) >= 11 is 0. The lowest BCUT2D eigenvalue weighted by atomic mass is 10.1. The van der Waals surface area contributed by atoms with Crippen LogP contribution in [0.1, 0.15) is 17.4 Å². The highest BCUT2D eigenvalue weighted by Crippen LogP contribution is 2.30. The van der Waals surface area contributed by atoms with E-state index in [0.717, 1.165) is 11.3 Å². The minimum Gasteiger partial charge on any atom is -0.324 e. The lowest BCUT2D eigenvalue weighted by Crippen LogP contribution is -2.27. The summed E-state index contributed by atoms with van der Waals surface area (Å²) in [4.78, 5) is 11.8. The molecule has 0 saturated heterocycles. The molecule has 1 aromatic carbocycles. The number of amides is 1. The number of aromatic nitrogens is 4. The van der Waals surface area contributed by atoms with Crippen molar-refractivity contribution in [3.05, 3.63) is 35.7 Å². The highest BCUT2D eigenvalue weighted by molar-refractivity contribution is 6.02. The first-order valence-electron chi connectivity index (χ1n) is 5.20. The van der Waals surface area contributed by atoms with Crippen molar-refractivity contribution in [2.75, 3.05) is 5.32 Å². The van der Waals surface area contributed by atoms with Gasteiger partial charge >= 0.3 is 0 Å². The van der Waals surface area contributed by atoms with Crippen LogP contribution in [0.25, 0.3) is 0 Å². The summed E-state index contributed by atoms with van der Waals surface area (Å²) < 4.78 is 0. The van der Waals surface area contributed by atoms with Crippen LogP contribution >= 0.6 is 0 Å². The second-order valence-corrected chi connectivity index (χ2v) is 3.72. The third-order valence-electron chi connectivity index (χ3n) is 2.65. The van der Waals surface area contributed by atoms with E-state index in [1.807, 2.05) is 24.3 Å². The minimum absolute atomic E-state index is 0.0605. The van der Waals surface area contributed by atoms with Crippen LogP contribution in [-0.4, -0.2) is 26.5 Å². The molecule has 1 aromatic heterocycles. The maximum Gasteiger partial charge on any atom is 0.246 e. The molecule has 2 aromatic rings. The van der Waals surface area contributed by atoms with E-state index < -0.39 is 0 Å². The molecule has 3 N–H and O–H groups in total. The first-order chi connectivity index (χ1) is 8.34. The molecule has 0 bridgehead atoms. The summed E-state index contributed by atoms with van der Waals surface area (Å²) in [5.41, 5.74) is 1.80. The number of hydrogen-bond acceptors (Lipinski definition) is 5. The van der Waals surface area contributed by atoms with Gasteiger partial charge in [-0.2, -0.15) is 5.21 Å². The number of anilines is 1. The maximum atomic E-state index is 11.8. The molecule has 7 nitrogen and oxygen atoms in total. The van der Waals surface area contributed by atoms with Crippen LogP contribution < -0.4 is 10.6 Å². The predicted octanol–water partition coefficient (Wildman–Crippen LogP) is -0.0173. The fourth-order valence-electron chi connectivity index (χ4n) is 1.86. The summed E-state index contributed by atoms with van der Waals surface area (Å²) in [7, 11) is 0. The smallest absolute Gasteiger partial charge is 0.246 e. The first-order valence-corrected chi connectivity index (χ1v) is 5.20. The molecule has 0 aliphatic carbocycles. The molecule has 0 radical (unpaired) electrons. The molecule has 3 rings (SSSR count). The van der Waals surface area contributed by atoms with Crippen LogP contribution in [0.5, 0.6) is 0 Å². The van der Waals surface area contributed by atoms with Gasteiger partial charge in [0.25, 0.3) is 0 Å². The van der Waals surface area contributed by atoms with Crippen LogP contribution in [0.4, 0.5) is 5.69 Å². The number of para-hydroxylation sites is 1. The highest BCUT2D eigenvalue weighted by atomic mass is 16.2. The fraction of sp³-hybridized carbons (Fsp3) is 0.200. The Kier molecular flexibility index (Phi) is 2.30. The standard InChI is InChI=1S/C10H10N6O/c17-10-9(11-5-8-13-15-16-14-8)6-3-1-2-4-7(6)12-10/h1-4,9,11H,5H2,(H,12,17)(H,13,14,15,16). The van der Waals surface area contributed by atoms with Crippen molar-refractivity contribution in [2.24, 2.45) is 0 Å². The molecular weight excluding hydrogens is 220 g/mol. The van der Waals surface area contributed by atoms with Gasteiger partial charge in [-0.25, -0.2) is 0 Å². The maximum absolute atomic E-state index is 11.8. The lowest BCUT2D eigenvalue weighted by Gasteiger charge is -2.08. The molecule has 1 atom stereocenters. The van der Waals surface area contributed by atoms with Gasteiger partial charge in [0.15, 0.2) is 5.82 Å². The van der Waals surface area contributed by atoms with Crippen LogP contribution in [0.3, 0.4) is 0 Å².